The number of benzene rings is 1. The van der Waals surface area contributed by atoms with Crippen LogP contribution < -0.4 is 4.74 Å². The van der Waals surface area contributed by atoms with Gasteiger partial charge in [-0.15, -0.1) is 5.10 Å². The van der Waals surface area contributed by atoms with E-state index in [1.165, 1.54) is 12.8 Å². The molecular weight excluding hydrogens is 395 g/mol. The number of carbonyl (C=O) groups is 2. The Morgan fingerprint density at radius 1 is 1.22 bits per heavy atom. The molecule has 3 N–H and O–H groups in total. The molecule has 27 heavy (non-hydrogen) atoms. The second-order valence-electron chi connectivity index (χ2n) is 5.56. The van der Waals surface area contributed by atoms with Gasteiger partial charge in [0, 0.05) is 10.6 Å². The van der Waals surface area contributed by atoms with E-state index in [4.69, 9.17) is 31.3 Å². The van der Waals surface area contributed by atoms with Crippen LogP contribution >= 0.6 is 11.6 Å². The van der Waals surface area contributed by atoms with Gasteiger partial charge < -0.3 is 14.9 Å². The normalized spacial score (nSPS) is 13.5. The monoisotopic (exact) mass is 407 g/mol. The van der Waals surface area contributed by atoms with Crippen molar-refractivity contribution in [1.29, 1.82) is 0 Å². The Kier molecular flexibility index (Phi) is 6.26. The molecule has 0 atom stereocenters. The van der Waals surface area contributed by atoms with Crippen LogP contribution in [-0.4, -0.2) is 50.3 Å². The van der Waals surface area contributed by atoms with E-state index in [9.17, 15) is 18.0 Å². The molecule has 1 aliphatic rings. The summed E-state index contributed by atoms with van der Waals surface area (Å²) >= 11 is 6.04. The number of nitrogens with one attached hydrogen (secondary N) is 1. The topological polar surface area (TPSA) is 125 Å². The van der Waals surface area contributed by atoms with Crippen LogP contribution in [0.3, 0.4) is 0 Å². The zero-order chi connectivity index (χ0) is 20.2. The maximum Gasteiger partial charge on any atom is 0.490 e. The Hall–Kier alpha value is -2.82. The lowest BCUT2D eigenvalue weighted by atomic mass is 10.1. The fourth-order valence-corrected chi connectivity index (χ4v) is 2.09. The lowest BCUT2D eigenvalue weighted by Gasteiger charge is -2.07. The molecule has 3 rings (SSSR count). The third-order valence-electron chi connectivity index (χ3n) is 3.32. The van der Waals surface area contributed by atoms with Gasteiger partial charge in [-0.1, -0.05) is 11.6 Å². The number of carboxylic acids is 2. The first kappa shape index (κ1) is 20.5. The number of aliphatic carboxylic acids is 1. The molecule has 8 nitrogen and oxygen atoms in total. The largest absolute Gasteiger partial charge is 0.493 e. The van der Waals surface area contributed by atoms with Gasteiger partial charge in [0.2, 0.25) is 0 Å². The summed E-state index contributed by atoms with van der Waals surface area (Å²) in [5.41, 5.74) is 0.672. The van der Waals surface area contributed by atoms with Crippen molar-refractivity contribution >= 4 is 23.5 Å². The van der Waals surface area contributed by atoms with Crippen LogP contribution in [0.2, 0.25) is 5.02 Å². The summed E-state index contributed by atoms with van der Waals surface area (Å²) in [4.78, 5) is 20.0. The van der Waals surface area contributed by atoms with E-state index in [-0.39, 0.29) is 11.4 Å². The van der Waals surface area contributed by atoms with E-state index < -0.39 is 18.1 Å². The number of rotatable bonds is 5. The van der Waals surface area contributed by atoms with Crippen molar-refractivity contribution in [3.63, 3.8) is 0 Å². The first-order valence-electron chi connectivity index (χ1n) is 7.46. The number of aromatic nitrogens is 3. The standard InChI is InChI=1S/C13H12ClN3O3.C2HF3O2/c14-9-3-8(11-12(13(18)19)16-17-15-11)4-10(5-9)20-6-7-1-2-7;3-2(4,5)1(6)7/h3-5,7H,1-2,6H2,(H,18,19)(H,15,16,17);(H,6,7). The van der Waals surface area contributed by atoms with Crippen LogP contribution in [0.5, 0.6) is 5.75 Å². The minimum absolute atomic E-state index is 0.139. The van der Waals surface area contributed by atoms with Gasteiger partial charge in [0.25, 0.3) is 0 Å². The summed E-state index contributed by atoms with van der Waals surface area (Å²) in [6, 6.07) is 5.06. The molecule has 1 aromatic carbocycles. The third-order valence-corrected chi connectivity index (χ3v) is 3.54. The van der Waals surface area contributed by atoms with Crippen molar-refractivity contribution in [2.75, 3.05) is 6.61 Å². The van der Waals surface area contributed by atoms with E-state index in [2.05, 4.69) is 15.4 Å². The van der Waals surface area contributed by atoms with Gasteiger partial charge in [0.15, 0.2) is 5.69 Å². The fraction of sp³-hybridized carbons (Fsp3) is 0.333. The fourth-order valence-electron chi connectivity index (χ4n) is 1.86. The minimum Gasteiger partial charge on any atom is -0.493 e. The van der Waals surface area contributed by atoms with E-state index in [1.807, 2.05) is 0 Å². The molecule has 1 aromatic heterocycles. The summed E-state index contributed by atoms with van der Waals surface area (Å²) in [6.45, 7) is 0.657. The van der Waals surface area contributed by atoms with Crippen LogP contribution in [0, 0.1) is 5.92 Å². The molecule has 0 unspecified atom stereocenters. The molecule has 0 saturated heterocycles. The highest BCUT2D eigenvalue weighted by Gasteiger charge is 2.38. The average molecular weight is 408 g/mol. The predicted molar refractivity (Wildman–Crippen MR) is 85.7 cm³/mol. The predicted octanol–water partition coefficient (Wildman–Crippen LogP) is 3.25. The van der Waals surface area contributed by atoms with Crippen LogP contribution in [0.4, 0.5) is 13.2 Å². The van der Waals surface area contributed by atoms with Gasteiger partial charge in [0.05, 0.1) is 6.61 Å². The Balaban J connectivity index is 0.000000321. The minimum atomic E-state index is -5.08. The van der Waals surface area contributed by atoms with Gasteiger partial charge in [-0.05, 0) is 37.0 Å². The summed E-state index contributed by atoms with van der Waals surface area (Å²) in [6.07, 6.45) is -2.69. The Bertz CT molecular complexity index is 836. The van der Waals surface area contributed by atoms with Gasteiger partial charge in [0.1, 0.15) is 11.4 Å². The molecule has 0 spiro atoms. The number of halogens is 4. The number of carboxylic acid groups (broad SMARTS) is 2. The molecule has 2 aromatic rings. The van der Waals surface area contributed by atoms with Crippen LogP contribution in [0.1, 0.15) is 23.3 Å². The molecule has 0 bridgehead atoms. The third kappa shape index (κ3) is 6.13. The molecule has 1 saturated carbocycles. The second kappa shape index (κ2) is 8.25. The van der Waals surface area contributed by atoms with Crippen LogP contribution in [0.25, 0.3) is 11.3 Å². The summed E-state index contributed by atoms with van der Waals surface area (Å²) in [5.74, 6) is -2.67. The van der Waals surface area contributed by atoms with E-state index >= 15 is 0 Å². The van der Waals surface area contributed by atoms with Gasteiger partial charge >= 0.3 is 18.1 Å². The average Bonchev–Trinajstić information content (AvgIpc) is 3.25. The van der Waals surface area contributed by atoms with Gasteiger partial charge in [-0.25, -0.2) is 9.59 Å². The summed E-state index contributed by atoms with van der Waals surface area (Å²) in [7, 11) is 0. The summed E-state index contributed by atoms with van der Waals surface area (Å²) < 4.78 is 37.4. The first-order chi connectivity index (χ1) is 12.6. The molecule has 12 heteroatoms. The van der Waals surface area contributed by atoms with Crippen LogP contribution in [0.15, 0.2) is 18.2 Å². The molecule has 0 radical (unpaired) electrons. The smallest absolute Gasteiger partial charge is 0.490 e. The second-order valence-corrected chi connectivity index (χ2v) is 6.00. The lowest BCUT2D eigenvalue weighted by molar-refractivity contribution is -0.192. The number of alkyl halides is 3. The zero-order valence-corrected chi connectivity index (χ0v) is 14.2. The van der Waals surface area contributed by atoms with Crippen molar-refractivity contribution in [3.05, 3.63) is 28.9 Å². The molecule has 0 amide bonds. The van der Waals surface area contributed by atoms with Gasteiger partial charge in [-0.2, -0.15) is 23.5 Å². The molecule has 1 fully saturated rings. The maximum absolute atomic E-state index is 11.1. The van der Waals surface area contributed by atoms with E-state index in [1.54, 1.807) is 18.2 Å². The number of hydrogen-bond acceptors (Lipinski definition) is 5. The van der Waals surface area contributed by atoms with E-state index in [0.717, 1.165) is 0 Å². The number of aromatic carboxylic acids is 1. The zero-order valence-electron chi connectivity index (χ0n) is 13.5. The van der Waals surface area contributed by atoms with Crippen molar-refractivity contribution in [1.82, 2.24) is 15.4 Å². The van der Waals surface area contributed by atoms with Gasteiger partial charge in [-0.3, -0.25) is 0 Å². The number of hydrogen-bond donors (Lipinski definition) is 3. The van der Waals surface area contributed by atoms with Crippen LogP contribution in [-0.2, 0) is 4.79 Å². The Morgan fingerprint density at radius 2 is 1.85 bits per heavy atom. The maximum atomic E-state index is 11.1. The van der Waals surface area contributed by atoms with Crippen molar-refractivity contribution < 1.29 is 37.7 Å². The molecular formula is C15H13ClF3N3O5. The highest BCUT2D eigenvalue weighted by molar-refractivity contribution is 6.31. The highest BCUT2D eigenvalue weighted by Crippen LogP contribution is 2.32. The Morgan fingerprint density at radius 3 is 2.37 bits per heavy atom. The molecule has 1 aliphatic carbocycles. The van der Waals surface area contributed by atoms with Crippen molar-refractivity contribution in [2.45, 2.75) is 19.0 Å². The summed E-state index contributed by atoms with van der Waals surface area (Å²) in [5, 5.41) is 26.4. The molecule has 1 heterocycles. The van der Waals surface area contributed by atoms with Crippen molar-refractivity contribution in [2.24, 2.45) is 5.92 Å². The SMILES string of the molecule is O=C(O)C(F)(F)F.O=C(O)c1n[nH]nc1-c1cc(Cl)cc(OCC2CC2)c1. The van der Waals surface area contributed by atoms with E-state index in [0.29, 0.717) is 28.9 Å². The quantitative estimate of drug-likeness (QED) is 0.694. The number of ether oxygens (including phenoxy) is 1. The number of nitrogens with zero attached hydrogens (tertiary/aromatic N) is 2. The molecule has 146 valence electrons. The van der Waals surface area contributed by atoms with Crippen molar-refractivity contribution in [3.8, 4) is 17.0 Å². The first-order valence-corrected chi connectivity index (χ1v) is 7.83. The molecule has 0 aliphatic heterocycles. The highest BCUT2D eigenvalue weighted by atomic mass is 35.5. The lowest BCUT2D eigenvalue weighted by Crippen LogP contribution is -2.21. The Labute approximate surface area is 154 Å². The number of H-pyrrole nitrogens is 1. The number of aromatic amines is 1.